The Hall–Kier alpha value is -1.06. The maximum Gasteiger partial charge on any atom is 0.0684 e. The van der Waals surface area contributed by atoms with E-state index in [9.17, 15) is 0 Å². The monoisotopic (exact) mass is 210 g/mol. The maximum absolute atomic E-state index is 5.87. The third-order valence-corrected chi connectivity index (χ3v) is 2.35. The highest BCUT2D eigenvalue weighted by molar-refractivity contribution is 6.31. The Morgan fingerprint density at radius 1 is 1.50 bits per heavy atom. The van der Waals surface area contributed by atoms with Gasteiger partial charge >= 0.3 is 0 Å². The van der Waals surface area contributed by atoms with E-state index >= 15 is 0 Å². The summed E-state index contributed by atoms with van der Waals surface area (Å²) in [4.78, 5) is 0. The second kappa shape index (κ2) is 3.98. The lowest BCUT2D eigenvalue weighted by Gasteiger charge is -2.01. The van der Waals surface area contributed by atoms with Crippen LogP contribution in [0.2, 0.25) is 5.02 Å². The molecular formula is C10H11ClN2O. The Morgan fingerprint density at radius 3 is 3.14 bits per heavy atom. The van der Waals surface area contributed by atoms with Crippen LogP contribution in [-0.4, -0.2) is 23.5 Å². The van der Waals surface area contributed by atoms with E-state index in [-0.39, 0.29) is 0 Å². The molecule has 1 aromatic carbocycles. The molecule has 0 aliphatic carbocycles. The summed E-state index contributed by atoms with van der Waals surface area (Å²) in [6.45, 7) is 1.43. The molecule has 0 N–H and O–H groups in total. The number of hydrogen-bond acceptors (Lipinski definition) is 2. The topological polar surface area (TPSA) is 27.1 Å². The van der Waals surface area contributed by atoms with Crippen molar-refractivity contribution in [2.45, 2.75) is 6.54 Å². The Morgan fingerprint density at radius 2 is 2.36 bits per heavy atom. The van der Waals surface area contributed by atoms with Crippen LogP contribution >= 0.6 is 11.6 Å². The summed E-state index contributed by atoms with van der Waals surface area (Å²) in [6.07, 6.45) is 1.82. The highest BCUT2D eigenvalue weighted by Crippen LogP contribution is 2.18. The number of aromatic nitrogens is 2. The standard InChI is InChI=1S/C10H11ClN2O/c1-14-5-4-13-10-3-2-9(11)6-8(10)7-12-13/h2-3,6-7H,4-5H2,1H3. The minimum absolute atomic E-state index is 0.666. The summed E-state index contributed by atoms with van der Waals surface area (Å²) >= 11 is 5.87. The van der Waals surface area contributed by atoms with Crippen LogP contribution in [0.15, 0.2) is 24.4 Å². The molecule has 0 amide bonds. The number of ether oxygens (including phenoxy) is 1. The number of fused-ring (bicyclic) bond motifs is 1. The van der Waals surface area contributed by atoms with Crippen molar-refractivity contribution in [2.24, 2.45) is 0 Å². The molecule has 14 heavy (non-hydrogen) atoms. The Bertz CT molecular complexity index is 439. The van der Waals surface area contributed by atoms with Gasteiger partial charge in [-0.2, -0.15) is 5.10 Å². The minimum atomic E-state index is 0.666. The predicted molar refractivity (Wildman–Crippen MR) is 56.6 cm³/mol. The van der Waals surface area contributed by atoms with Gasteiger partial charge in [-0.1, -0.05) is 11.6 Å². The molecule has 0 fully saturated rings. The molecule has 0 bridgehead atoms. The van der Waals surface area contributed by atoms with Crippen LogP contribution in [0, 0.1) is 0 Å². The largest absolute Gasteiger partial charge is 0.383 e. The molecule has 0 atom stereocenters. The zero-order valence-corrected chi connectivity index (χ0v) is 8.66. The summed E-state index contributed by atoms with van der Waals surface area (Å²) in [5.74, 6) is 0. The van der Waals surface area contributed by atoms with Crippen molar-refractivity contribution in [1.82, 2.24) is 9.78 Å². The molecule has 3 nitrogen and oxygen atoms in total. The maximum atomic E-state index is 5.87. The first-order valence-electron chi connectivity index (χ1n) is 4.41. The number of halogens is 1. The van der Waals surface area contributed by atoms with E-state index in [1.807, 2.05) is 29.1 Å². The Kier molecular flexibility index (Phi) is 2.70. The van der Waals surface area contributed by atoms with Crippen molar-refractivity contribution in [1.29, 1.82) is 0 Å². The van der Waals surface area contributed by atoms with Gasteiger partial charge in [-0.15, -0.1) is 0 Å². The van der Waals surface area contributed by atoms with E-state index in [1.54, 1.807) is 7.11 Å². The molecule has 1 aromatic heterocycles. The molecule has 0 radical (unpaired) electrons. The first-order chi connectivity index (χ1) is 6.81. The molecule has 0 saturated heterocycles. The van der Waals surface area contributed by atoms with Gasteiger partial charge in [0.05, 0.1) is 24.9 Å². The van der Waals surface area contributed by atoms with Crippen LogP contribution in [0.4, 0.5) is 0 Å². The molecule has 0 aliphatic heterocycles. The van der Waals surface area contributed by atoms with Crippen LogP contribution in [0.1, 0.15) is 0 Å². The first kappa shape index (κ1) is 9.49. The van der Waals surface area contributed by atoms with Gasteiger partial charge in [0.1, 0.15) is 0 Å². The molecule has 0 unspecified atom stereocenters. The van der Waals surface area contributed by atoms with Gasteiger partial charge in [0.25, 0.3) is 0 Å². The van der Waals surface area contributed by atoms with Crippen molar-refractivity contribution in [3.8, 4) is 0 Å². The number of hydrogen-bond donors (Lipinski definition) is 0. The van der Waals surface area contributed by atoms with Gasteiger partial charge < -0.3 is 4.74 Å². The summed E-state index contributed by atoms with van der Waals surface area (Å²) in [7, 11) is 1.68. The lowest BCUT2D eigenvalue weighted by atomic mass is 10.2. The predicted octanol–water partition coefficient (Wildman–Crippen LogP) is 2.34. The lowest BCUT2D eigenvalue weighted by Crippen LogP contribution is -2.05. The smallest absolute Gasteiger partial charge is 0.0684 e. The average molecular weight is 211 g/mol. The van der Waals surface area contributed by atoms with Crippen LogP contribution in [-0.2, 0) is 11.3 Å². The number of benzene rings is 1. The zero-order chi connectivity index (χ0) is 9.97. The molecule has 0 aliphatic rings. The first-order valence-corrected chi connectivity index (χ1v) is 4.79. The molecule has 2 rings (SSSR count). The second-order valence-corrected chi connectivity index (χ2v) is 3.50. The second-order valence-electron chi connectivity index (χ2n) is 3.06. The summed E-state index contributed by atoms with van der Waals surface area (Å²) in [5.41, 5.74) is 1.09. The van der Waals surface area contributed by atoms with Crippen molar-refractivity contribution in [3.63, 3.8) is 0 Å². The fourth-order valence-electron chi connectivity index (χ4n) is 1.41. The van der Waals surface area contributed by atoms with Gasteiger partial charge in [-0.3, -0.25) is 4.68 Å². The van der Waals surface area contributed by atoms with Gasteiger partial charge in [0.2, 0.25) is 0 Å². The third-order valence-electron chi connectivity index (χ3n) is 2.11. The van der Waals surface area contributed by atoms with E-state index in [0.29, 0.717) is 6.61 Å². The quantitative estimate of drug-likeness (QED) is 0.778. The van der Waals surface area contributed by atoms with E-state index in [2.05, 4.69) is 5.10 Å². The summed E-state index contributed by atoms with van der Waals surface area (Å²) < 4.78 is 6.91. The van der Waals surface area contributed by atoms with Crippen LogP contribution in [0.3, 0.4) is 0 Å². The van der Waals surface area contributed by atoms with Gasteiger partial charge in [0.15, 0.2) is 0 Å². The molecule has 0 spiro atoms. The number of rotatable bonds is 3. The van der Waals surface area contributed by atoms with Gasteiger partial charge in [-0.05, 0) is 18.2 Å². The van der Waals surface area contributed by atoms with Crippen LogP contribution in [0.25, 0.3) is 10.9 Å². The average Bonchev–Trinajstić information content (AvgIpc) is 2.57. The van der Waals surface area contributed by atoms with Crippen LogP contribution in [0.5, 0.6) is 0 Å². The fraction of sp³-hybridized carbons (Fsp3) is 0.300. The Balaban J connectivity index is 2.37. The van der Waals surface area contributed by atoms with Crippen molar-refractivity contribution in [3.05, 3.63) is 29.4 Å². The van der Waals surface area contributed by atoms with Crippen LogP contribution < -0.4 is 0 Å². The third kappa shape index (κ3) is 1.74. The summed E-state index contributed by atoms with van der Waals surface area (Å²) in [5, 5.41) is 6.06. The van der Waals surface area contributed by atoms with Crippen molar-refractivity contribution in [2.75, 3.05) is 13.7 Å². The van der Waals surface area contributed by atoms with Gasteiger partial charge in [-0.25, -0.2) is 0 Å². The fourth-order valence-corrected chi connectivity index (χ4v) is 1.59. The van der Waals surface area contributed by atoms with Crippen molar-refractivity contribution >= 4 is 22.5 Å². The zero-order valence-electron chi connectivity index (χ0n) is 7.90. The van der Waals surface area contributed by atoms with E-state index in [1.165, 1.54) is 0 Å². The molecule has 2 aromatic rings. The SMILES string of the molecule is COCCn1ncc2cc(Cl)ccc21. The van der Waals surface area contributed by atoms with Crippen molar-refractivity contribution < 1.29 is 4.74 Å². The summed E-state index contributed by atoms with van der Waals surface area (Å²) in [6, 6.07) is 5.75. The number of nitrogens with zero attached hydrogens (tertiary/aromatic N) is 2. The molecule has 4 heteroatoms. The Labute approximate surface area is 87.2 Å². The van der Waals surface area contributed by atoms with Gasteiger partial charge in [0, 0.05) is 17.5 Å². The molecule has 74 valence electrons. The molecule has 1 heterocycles. The number of methoxy groups -OCH3 is 1. The van der Waals surface area contributed by atoms with E-state index < -0.39 is 0 Å². The highest BCUT2D eigenvalue weighted by Gasteiger charge is 2.01. The molecule has 0 saturated carbocycles. The van der Waals surface area contributed by atoms with E-state index in [4.69, 9.17) is 16.3 Å². The molecular weight excluding hydrogens is 200 g/mol. The highest BCUT2D eigenvalue weighted by atomic mass is 35.5. The van der Waals surface area contributed by atoms with E-state index in [0.717, 1.165) is 22.5 Å². The normalized spacial score (nSPS) is 11.0. The lowest BCUT2D eigenvalue weighted by molar-refractivity contribution is 0.185. The minimum Gasteiger partial charge on any atom is -0.383 e.